The first-order valence-electron chi connectivity index (χ1n) is 7.88. The van der Waals surface area contributed by atoms with Gasteiger partial charge in [-0.05, 0) is 42.8 Å². The van der Waals surface area contributed by atoms with E-state index in [2.05, 4.69) is 10.00 Å². The van der Waals surface area contributed by atoms with Gasteiger partial charge in [0.15, 0.2) is 0 Å². The van der Waals surface area contributed by atoms with Crippen molar-refractivity contribution in [1.29, 1.82) is 0 Å². The lowest BCUT2D eigenvalue weighted by molar-refractivity contribution is -0.134. The van der Waals surface area contributed by atoms with E-state index in [1.807, 2.05) is 0 Å². The Kier molecular flexibility index (Phi) is 4.98. The number of hydrogen-bond acceptors (Lipinski definition) is 4. The highest BCUT2D eigenvalue weighted by atomic mass is 32.1. The maximum absolute atomic E-state index is 12.7. The van der Waals surface area contributed by atoms with E-state index < -0.39 is 17.2 Å². The molecule has 24 heavy (non-hydrogen) atoms. The third kappa shape index (κ3) is 3.99. The van der Waals surface area contributed by atoms with Gasteiger partial charge in [0.05, 0.1) is 12.3 Å². The highest BCUT2D eigenvalue weighted by molar-refractivity contribution is 7.10. The molecule has 3 rings (SSSR count). The average molecular weight is 359 g/mol. The summed E-state index contributed by atoms with van der Waals surface area (Å²) in [6.45, 7) is 1.35. The first-order valence-corrected chi connectivity index (χ1v) is 8.76. The zero-order valence-electron chi connectivity index (χ0n) is 13.3. The van der Waals surface area contributed by atoms with Gasteiger partial charge in [0.1, 0.15) is 4.88 Å². The Balaban J connectivity index is 1.62. The predicted octanol–water partition coefficient (Wildman–Crippen LogP) is 3.59. The van der Waals surface area contributed by atoms with Gasteiger partial charge in [0.2, 0.25) is 0 Å². The molecule has 1 N–H and O–H groups in total. The zero-order valence-corrected chi connectivity index (χ0v) is 14.1. The second-order valence-electron chi connectivity index (χ2n) is 6.28. The minimum absolute atomic E-state index is 0.175. The summed E-state index contributed by atoms with van der Waals surface area (Å²) in [5.41, 5.74) is 1.47. The predicted molar refractivity (Wildman–Crippen MR) is 85.5 cm³/mol. The van der Waals surface area contributed by atoms with Crippen molar-refractivity contribution in [2.24, 2.45) is 7.05 Å². The number of halogens is 3. The highest BCUT2D eigenvalue weighted by Gasteiger charge is 2.33. The van der Waals surface area contributed by atoms with Crippen LogP contribution in [0.25, 0.3) is 0 Å². The van der Waals surface area contributed by atoms with Crippen LogP contribution in [-0.2, 0) is 19.8 Å². The maximum atomic E-state index is 12.7. The third-order valence-corrected chi connectivity index (χ3v) is 5.45. The number of likely N-dealkylation sites (tertiary alicyclic amines) is 1. The Hall–Kier alpha value is -1.38. The number of aliphatic hydroxyl groups is 1. The van der Waals surface area contributed by atoms with Gasteiger partial charge in [-0.3, -0.25) is 9.58 Å². The molecule has 2 unspecified atom stereocenters. The monoisotopic (exact) mass is 359 g/mol. The number of aromatic nitrogens is 2. The second-order valence-corrected chi connectivity index (χ2v) is 7.19. The molecular formula is C16H20F3N3OS. The van der Waals surface area contributed by atoms with Crippen LogP contribution in [0.15, 0.2) is 23.8 Å². The van der Waals surface area contributed by atoms with Crippen LogP contribution in [0.5, 0.6) is 0 Å². The van der Waals surface area contributed by atoms with Crippen LogP contribution < -0.4 is 0 Å². The molecule has 132 valence electrons. The van der Waals surface area contributed by atoms with Crippen LogP contribution in [0.2, 0.25) is 0 Å². The van der Waals surface area contributed by atoms with Gasteiger partial charge >= 0.3 is 6.18 Å². The Morgan fingerprint density at radius 2 is 2.25 bits per heavy atom. The van der Waals surface area contributed by atoms with E-state index in [1.54, 1.807) is 29.5 Å². The van der Waals surface area contributed by atoms with Gasteiger partial charge in [-0.15, -0.1) is 11.3 Å². The van der Waals surface area contributed by atoms with E-state index in [0.717, 1.165) is 36.3 Å². The second kappa shape index (κ2) is 6.85. The van der Waals surface area contributed by atoms with Gasteiger partial charge in [-0.2, -0.15) is 18.3 Å². The van der Waals surface area contributed by atoms with Gasteiger partial charge in [-0.25, -0.2) is 0 Å². The van der Waals surface area contributed by atoms with Crippen LogP contribution in [0.1, 0.15) is 41.4 Å². The smallest absolute Gasteiger partial charge is 0.388 e. The minimum Gasteiger partial charge on any atom is -0.388 e. The van der Waals surface area contributed by atoms with Crippen LogP contribution >= 0.6 is 11.3 Å². The van der Waals surface area contributed by atoms with Crippen molar-refractivity contribution in [3.05, 3.63) is 39.8 Å². The number of thiophene rings is 1. The summed E-state index contributed by atoms with van der Waals surface area (Å²) < 4.78 is 39.8. The number of aliphatic hydroxyl groups excluding tert-OH is 1. The Morgan fingerprint density at radius 3 is 2.88 bits per heavy atom. The summed E-state index contributed by atoms with van der Waals surface area (Å²) in [6, 6.07) is 1.41. The SMILES string of the molecule is Cn1cc(C(O)CC2CCCN2Cc2csc(C(F)(F)F)c2)cn1. The van der Waals surface area contributed by atoms with E-state index in [4.69, 9.17) is 0 Å². The number of rotatable bonds is 5. The first kappa shape index (κ1) is 17.4. The van der Waals surface area contributed by atoms with Gasteiger partial charge in [0, 0.05) is 31.4 Å². The standard InChI is InChI=1S/C16H20F3N3OS/c1-21-9-12(7-20-21)14(23)6-13-3-2-4-22(13)8-11-5-15(24-10-11)16(17,18)19/h5,7,9-10,13-14,23H,2-4,6,8H2,1H3. The van der Waals surface area contributed by atoms with Crippen molar-refractivity contribution in [3.8, 4) is 0 Å². The van der Waals surface area contributed by atoms with E-state index in [-0.39, 0.29) is 6.04 Å². The molecular weight excluding hydrogens is 339 g/mol. The van der Waals surface area contributed by atoms with Crippen molar-refractivity contribution >= 4 is 11.3 Å². The Labute approximate surface area is 142 Å². The topological polar surface area (TPSA) is 41.3 Å². The molecule has 0 spiro atoms. The fourth-order valence-corrected chi connectivity index (χ4v) is 3.99. The molecule has 2 atom stereocenters. The summed E-state index contributed by atoms with van der Waals surface area (Å²) in [4.78, 5) is 1.62. The molecule has 1 fully saturated rings. The molecule has 4 nitrogen and oxygen atoms in total. The molecule has 3 heterocycles. The molecule has 2 aromatic rings. The number of nitrogens with zero attached hydrogens (tertiary/aromatic N) is 3. The van der Waals surface area contributed by atoms with Crippen molar-refractivity contribution in [2.45, 2.75) is 44.1 Å². The lowest BCUT2D eigenvalue weighted by atomic mass is 10.0. The Morgan fingerprint density at radius 1 is 1.46 bits per heavy atom. The lowest BCUT2D eigenvalue weighted by Gasteiger charge is -2.25. The Bertz CT molecular complexity index is 682. The molecule has 0 saturated carbocycles. The summed E-state index contributed by atoms with van der Waals surface area (Å²) in [6.07, 6.45) is 1.09. The summed E-state index contributed by atoms with van der Waals surface area (Å²) >= 11 is 0.743. The molecule has 0 aromatic carbocycles. The maximum Gasteiger partial charge on any atom is 0.425 e. The molecule has 1 saturated heterocycles. The lowest BCUT2D eigenvalue weighted by Crippen LogP contribution is -2.30. The molecule has 1 aliphatic heterocycles. The molecule has 0 amide bonds. The van der Waals surface area contributed by atoms with Crippen molar-refractivity contribution in [3.63, 3.8) is 0 Å². The zero-order chi connectivity index (χ0) is 17.3. The fourth-order valence-electron chi connectivity index (χ4n) is 3.22. The van der Waals surface area contributed by atoms with Crippen LogP contribution in [-0.4, -0.2) is 32.4 Å². The summed E-state index contributed by atoms with van der Waals surface area (Å²) in [5, 5.41) is 16.0. The number of aryl methyl sites for hydroxylation is 1. The molecule has 0 bridgehead atoms. The minimum atomic E-state index is -4.27. The van der Waals surface area contributed by atoms with Crippen LogP contribution in [0, 0.1) is 0 Å². The normalized spacial score (nSPS) is 20.6. The number of hydrogen-bond donors (Lipinski definition) is 1. The van der Waals surface area contributed by atoms with Crippen molar-refractivity contribution < 1.29 is 18.3 Å². The van der Waals surface area contributed by atoms with Crippen molar-refractivity contribution in [1.82, 2.24) is 14.7 Å². The van der Waals surface area contributed by atoms with Crippen molar-refractivity contribution in [2.75, 3.05) is 6.54 Å². The highest BCUT2D eigenvalue weighted by Crippen LogP contribution is 2.35. The molecule has 0 radical (unpaired) electrons. The fraction of sp³-hybridized carbons (Fsp3) is 0.562. The number of alkyl halides is 3. The van der Waals surface area contributed by atoms with Gasteiger partial charge < -0.3 is 5.11 Å². The van der Waals surface area contributed by atoms with E-state index >= 15 is 0 Å². The van der Waals surface area contributed by atoms with Crippen LogP contribution in [0.4, 0.5) is 13.2 Å². The largest absolute Gasteiger partial charge is 0.425 e. The average Bonchev–Trinajstić information content (AvgIpc) is 3.21. The van der Waals surface area contributed by atoms with Crippen LogP contribution in [0.3, 0.4) is 0 Å². The third-order valence-electron chi connectivity index (χ3n) is 4.42. The molecule has 0 aliphatic carbocycles. The molecule has 1 aliphatic rings. The van der Waals surface area contributed by atoms with Gasteiger partial charge in [-0.1, -0.05) is 0 Å². The molecule has 2 aromatic heterocycles. The van der Waals surface area contributed by atoms with E-state index in [9.17, 15) is 18.3 Å². The molecule has 8 heteroatoms. The van der Waals surface area contributed by atoms with E-state index in [1.165, 1.54) is 6.07 Å². The quantitative estimate of drug-likeness (QED) is 0.887. The summed E-state index contributed by atoms with van der Waals surface area (Å²) in [7, 11) is 1.80. The van der Waals surface area contributed by atoms with E-state index in [0.29, 0.717) is 18.5 Å². The van der Waals surface area contributed by atoms with Gasteiger partial charge in [0.25, 0.3) is 0 Å². The summed E-state index contributed by atoms with van der Waals surface area (Å²) in [5.74, 6) is 0. The first-order chi connectivity index (χ1) is 11.3.